The van der Waals surface area contributed by atoms with Gasteiger partial charge in [-0.05, 0) is 43.3 Å². The van der Waals surface area contributed by atoms with Gasteiger partial charge in [0.1, 0.15) is 17.8 Å². The average Bonchev–Trinajstić information content (AvgIpc) is 3.34. The number of oxazole rings is 1. The minimum atomic E-state index is -1.26. The Hall–Kier alpha value is -3.42. The molecule has 0 bridgehead atoms. The Morgan fingerprint density at radius 1 is 1.19 bits per heavy atom. The molecule has 0 radical (unpaired) electrons. The van der Waals surface area contributed by atoms with E-state index in [9.17, 15) is 14.0 Å². The van der Waals surface area contributed by atoms with Crippen molar-refractivity contribution in [2.24, 2.45) is 0 Å². The molecular weight excluding hydrogens is 341 g/mol. The minimum absolute atomic E-state index is 0.0499. The van der Waals surface area contributed by atoms with Crippen LogP contribution in [0.25, 0.3) is 11.5 Å². The van der Waals surface area contributed by atoms with Gasteiger partial charge < -0.3 is 14.2 Å². The maximum Gasteiger partial charge on any atom is 0.325 e. The highest BCUT2D eigenvalue weighted by Gasteiger charge is 2.51. The number of imide groups is 1. The summed E-state index contributed by atoms with van der Waals surface area (Å²) in [5, 5.41) is 2.64. The van der Waals surface area contributed by atoms with Crippen molar-refractivity contribution in [3.8, 4) is 11.5 Å². The Labute approximate surface area is 147 Å². The first kappa shape index (κ1) is 16.1. The number of hydrogen-bond acceptors (Lipinski definition) is 5. The predicted molar refractivity (Wildman–Crippen MR) is 87.0 cm³/mol. The zero-order chi connectivity index (χ0) is 18.3. The largest absolute Gasteiger partial charge is 0.466 e. The number of amides is 3. The van der Waals surface area contributed by atoms with Gasteiger partial charge in [-0.3, -0.25) is 9.69 Å². The molecule has 0 saturated carbocycles. The van der Waals surface area contributed by atoms with Gasteiger partial charge in [0, 0.05) is 5.56 Å². The standard InChI is InChI=1S/C18H14FN3O4/c1-18(14-3-2-8-25-14)16(23)22(17(24)21-18)9-13-10-26-15(20-13)11-4-6-12(19)7-5-11/h2-8,10H,9H2,1H3,(H,21,24). The molecule has 3 aromatic rings. The first-order valence-corrected chi connectivity index (χ1v) is 7.86. The maximum atomic E-state index is 13.0. The smallest absolute Gasteiger partial charge is 0.325 e. The number of furan rings is 1. The Balaban J connectivity index is 1.55. The molecule has 3 heterocycles. The molecular formula is C18H14FN3O4. The summed E-state index contributed by atoms with van der Waals surface area (Å²) in [5.74, 6) is -0.174. The molecule has 4 rings (SSSR count). The van der Waals surface area contributed by atoms with E-state index in [-0.39, 0.29) is 18.3 Å². The monoisotopic (exact) mass is 355 g/mol. The third-order valence-electron chi connectivity index (χ3n) is 4.25. The van der Waals surface area contributed by atoms with Gasteiger partial charge in [-0.2, -0.15) is 0 Å². The number of carbonyl (C=O) groups excluding carboxylic acids is 2. The van der Waals surface area contributed by atoms with Crippen LogP contribution in [0, 0.1) is 5.82 Å². The molecule has 1 N–H and O–H groups in total. The summed E-state index contributed by atoms with van der Waals surface area (Å²) in [7, 11) is 0. The lowest BCUT2D eigenvalue weighted by molar-refractivity contribution is -0.132. The van der Waals surface area contributed by atoms with Gasteiger partial charge in [-0.1, -0.05) is 0 Å². The molecule has 1 unspecified atom stereocenters. The Morgan fingerprint density at radius 2 is 1.96 bits per heavy atom. The van der Waals surface area contributed by atoms with Gasteiger partial charge in [-0.25, -0.2) is 14.2 Å². The molecule has 0 spiro atoms. The van der Waals surface area contributed by atoms with Gasteiger partial charge in [0.2, 0.25) is 5.89 Å². The van der Waals surface area contributed by atoms with E-state index in [1.165, 1.54) is 36.8 Å². The molecule has 132 valence electrons. The second-order valence-corrected chi connectivity index (χ2v) is 6.07. The van der Waals surface area contributed by atoms with E-state index in [2.05, 4.69) is 10.3 Å². The van der Waals surface area contributed by atoms with Gasteiger partial charge in [0.25, 0.3) is 5.91 Å². The summed E-state index contributed by atoms with van der Waals surface area (Å²) in [4.78, 5) is 30.3. The summed E-state index contributed by atoms with van der Waals surface area (Å²) in [5.41, 5.74) is -0.267. The van der Waals surface area contributed by atoms with Crippen molar-refractivity contribution in [2.75, 3.05) is 0 Å². The molecule has 1 atom stereocenters. The van der Waals surface area contributed by atoms with Crippen LogP contribution < -0.4 is 5.32 Å². The van der Waals surface area contributed by atoms with Gasteiger partial charge in [0.05, 0.1) is 18.5 Å². The fourth-order valence-corrected chi connectivity index (χ4v) is 2.84. The van der Waals surface area contributed by atoms with Crippen LogP contribution in [0.4, 0.5) is 9.18 Å². The zero-order valence-corrected chi connectivity index (χ0v) is 13.7. The highest BCUT2D eigenvalue weighted by Crippen LogP contribution is 2.30. The summed E-state index contributed by atoms with van der Waals surface area (Å²) in [6.45, 7) is 1.53. The number of urea groups is 1. The topological polar surface area (TPSA) is 88.6 Å². The van der Waals surface area contributed by atoms with Crippen molar-refractivity contribution in [3.05, 3.63) is 66.2 Å². The fraction of sp³-hybridized carbons (Fsp3) is 0.167. The highest BCUT2D eigenvalue weighted by atomic mass is 19.1. The van der Waals surface area contributed by atoms with Crippen molar-refractivity contribution < 1.29 is 22.8 Å². The molecule has 1 aliphatic heterocycles. The lowest BCUT2D eigenvalue weighted by Crippen LogP contribution is -2.40. The first-order valence-electron chi connectivity index (χ1n) is 7.86. The van der Waals surface area contributed by atoms with Crippen LogP contribution in [-0.4, -0.2) is 21.8 Å². The van der Waals surface area contributed by atoms with Crippen LogP contribution in [0.5, 0.6) is 0 Å². The van der Waals surface area contributed by atoms with E-state index < -0.39 is 17.5 Å². The van der Waals surface area contributed by atoms with Crippen LogP contribution in [-0.2, 0) is 16.9 Å². The van der Waals surface area contributed by atoms with Crippen LogP contribution in [0.2, 0.25) is 0 Å². The number of carbonyl (C=O) groups is 2. The molecule has 26 heavy (non-hydrogen) atoms. The zero-order valence-electron chi connectivity index (χ0n) is 13.7. The van der Waals surface area contributed by atoms with E-state index in [0.29, 0.717) is 17.0 Å². The van der Waals surface area contributed by atoms with Crippen molar-refractivity contribution in [3.63, 3.8) is 0 Å². The number of nitrogens with zero attached hydrogens (tertiary/aromatic N) is 2. The minimum Gasteiger partial charge on any atom is -0.466 e. The predicted octanol–water partition coefficient (Wildman–Crippen LogP) is 3.04. The Bertz CT molecular complexity index is 965. The van der Waals surface area contributed by atoms with Crippen LogP contribution in [0.3, 0.4) is 0 Å². The van der Waals surface area contributed by atoms with Gasteiger partial charge in [0.15, 0.2) is 5.54 Å². The molecule has 0 aliphatic carbocycles. The van der Waals surface area contributed by atoms with Gasteiger partial charge in [-0.15, -0.1) is 0 Å². The van der Waals surface area contributed by atoms with Crippen molar-refractivity contribution in [1.29, 1.82) is 0 Å². The van der Waals surface area contributed by atoms with E-state index in [4.69, 9.17) is 8.83 Å². The first-order chi connectivity index (χ1) is 12.5. The second kappa shape index (κ2) is 5.83. The molecule has 1 aromatic carbocycles. The highest BCUT2D eigenvalue weighted by molar-refractivity contribution is 6.06. The number of nitrogens with one attached hydrogen (secondary N) is 1. The van der Waals surface area contributed by atoms with Crippen molar-refractivity contribution in [1.82, 2.24) is 15.2 Å². The summed E-state index contributed by atoms with van der Waals surface area (Å²) >= 11 is 0. The van der Waals surface area contributed by atoms with Crippen LogP contribution >= 0.6 is 0 Å². The quantitative estimate of drug-likeness (QED) is 0.727. The summed E-state index contributed by atoms with van der Waals surface area (Å²) in [6, 6.07) is 8.40. The average molecular weight is 355 g/mol. The maximum absolute atomic E-state index is 13.0. The third-order valence-corrected chi connectivity index (χ3v) is 4.25. The van der Waals surface area contributed by atoms with Crippen molar-refractivity contribution >= 4 is 11.9 Å². The molecule has 1 aliphatic rings. The lowest BCUT2D eigenvalue weighted by Gasteiger charge is -2.18. The summed E-state index contributed by atoms with van der Waals surface area (Å²) < 4.78 is 23.7. The third kappa shape index (κ3) is 2.55. The molecule has 7 nitrogen and oxygen atoms in total. The van der Waals surface area contributed by atoms with Crippen LogP contribution in [0.15, 0.2) is 57.8 Å². The van der Waals surface area contributed by atoms with E-state index in [1.807, 2.05) is 0 Å². The van der Waals surface area contributed by atoms with E-state index in [1.54, 1.807) is 19.1 Å². The van der Waals surface area contributed by atoms with Gasteiger partial charge >= 0.3 is 6.03 Å². The van der Waals surface area contributed by atoms with Crippen molar-refractivity contribution in [2.45, 2.75) is 19.0 Å². The summed E-state index contributed by atoms with van der Waals surface area (Å²) in [6.07, 6.45) is 2.80. The molecule has 3 amide bonds. The SMILES string of the molecule is CC1(c2ccco2)NC(=O)N(Cc2coc(-c3ccc(F)cc3)n2)C1=O. The fourth-order valence-electron chi connectivity index (χ4n) is 2.84. The normalized spacial score (nSPS) is 19.8. The Kier molecular flexibility index (Phi) is 3.61. The Morgan fingerprint density at radius 3 is 2.65 bits per heavy atom. The lowest BCUT2D eigenvalue weighted by atomic mass is 9.99. The molecule has 2 aromatic heterocycles. The molecule has 8 heteroatoms. The molecule has 1 saturated heterocycles. The molecule has 1 fully saturated rings. The van der Waals surface area contributed by atoms with E-state index in [0.717, 1.165) is 4.90 Å². The van der Waals surface area contributed by atoms with E-state index >= 15 is 0 Å². The second-order valence-electron chi connectivity index (χ2n) is 6.07. The number of halogens is 1. The van der Waals surface area contributed by atoms with Crippen LogP contribution in [0.1, 0.15) is 18.4 Å². The number of benzene rings is 1. The number of rotatable bonds is 4. The number of hydrogen-bond donors (Lipinski definition) is 1. The number of aromatic nitrogens is 1.